The zero-order valence-electron chi connectivity index (χ0n) is 14.6. The molecule has 11 heteroatoms. The molecular formula is C17H14Cl2N4O4S. The van der Waals surface area contributed by atoms with Crippen LogP contribution in [-0.4, -0.2) is 40.4 Å². The Morgan fingerprint density at radius 2 is 2.04 bits per heavy atom. The largest absolute Gasteiger partial charge is 0.360 e. The van der Waals surface area contributed by atoms with E-state index in [4.69, 9.17) is 27.7 Å². The predicted octanol–water partition coefficient (Wildman–Crippen LogP) is 3.13. The Balaban J connectivity index is 1.75. The van der Waals surface area contributed by atoms with Crippen molar-refractivity contribution in [1.29, 1.82) is 0 Å². The summed E-state index contributed by atoms with van der Waals surface area (Å²) in [5.41, 5.74) is 1.11. The van der Waals surface area contributed by atoms with E-state index < -0.39 is 9.84 Å². The summed E-state index contributed by atoms with van der Waals surface area (Å²) >= 11 is 12.5. The summed E-state index contributed by atoms with van der Waals surface area (Å²) in [5.74, 6) is 0.489. The van der Waals surface area contributed by atoms with Gasteiger partial charge in [-0.15, -0.1) is 5.10 Å². The maximum atomic E-state index is 13.2. The molecule has 146 valence electrons. The van der Waals surface area contributed by atoms with E-state index in [1.807, 2.05) is 0 Å². The van der Waals surface area contributed by atoms with Gasteiger partial charge in [0.25, 0.3) is 5.16 Å². The lowest BCUT2D eigenvalue weighted by Gasteiger charge is -2.12. The molecule has 0 saturated heterocycles. The second-order valence-corrected chi connectivity index (χ2v) is 9.29. The standard InChI is InChI=1S/C17H14Cl2N4O4S/c1-28(25,26)17-20-8-23(22-17)7-12-10(4-5-13(18)14(12)19)15(24)11-6-21-27-16(11)9-2-3-9/h4-6,8-9H,2-3,7H2,1H3. The lowest BCUT2D eigenvalue weighted by atomic mass is 9.97. The molecule has 1 aromatic carbocycles. The molecule has 2 aromatic heterocycles. The summed E-state index contributed by atoms with van der Waals surface area (Å²) < 4.78 is 29.8. The zero-order chi connectivity index (χ0) is 20.1. The van der Waals surface area contributed by atoms with E-state index in [0.717, 1.165) is 19.1 Å². The van der Waals surface area contributed by atoms with Crippen molar-refractivity contribution < 1.29 is 17.7 Å². The highest BCUT2D eigenvalue weighted by molar-refractivity contribution is 7.90. The van der Waals surface area contributed by atoms with Crippen molar-refractivity contribution in [2.24, 2.45) is 0 Å². The molecule has 4 rings (SSSR count). The van der Waals surface area contributed by atoms with E-state index >= 15 is 0 Å². The number of benzene rings is 1. The Morgan fingerprint density at radius 1 is 1.29 bits per heavy atom. The first-order valence-corrected chi connectivity index (χ1v) is 11.0. The van der Waals surface area contributed by atoms with Crippen LogP contribution in [0, 0.1) is 0 Å². The van der Waals surface area contributed by atoms with Gasteiger partial charge in [0, 0.05) is 23.3 Å². The third-order valence-electron chi connectivity index (χ3n) is 4.40. The van der Waals surface area contributed by atoms with Gasteiger partial charge in [-0.3, -0.25) is 4.79 Å². The van der Waals surface area contributed by atoms with Crippen LogP contribution < -0.4 is 0 Å². The molecule has 0 bridgehead atoms. The van der Waals surface area contributed by atoms with Crippen molar-refractivity contribution in [1.82, 2.24) is 19.9 Å². The van der Waals surface area contributed by atoms with Crippen molar-refractivity contribution in [2.45, 2.75) is 30.5 Å². The highest BCUT2D eigenvalue weighted by atomic mass is 35.5. The predicted molar refractivity (Wildman–Crippen MR) is 101 cm³/mol. The van der Waals surface area contributed by atoms with E-state index in [0.29, 0.717) is 22.5 Å². The number of halogens is 2. The highest BCUT2D eigenvalue weighted by Gasteiger charge is 2.33. The topological polar surface area (TPSA) is 108 Å². The van der Waals surface area contributed by atoms with Crippen LogP contribution in [-0.2, 0) is 16.4 Å². The van der Waals surface area contributed by atoms with Crippen LogP contribution in [0.2, 0.25) is 10.0 Å². The summed E-state index contributed by atoms with van der Waals surface area (Å²) in [6.45, 7) is 0.0209. The molecule has 3 aromatic rings. The molecule has 0 aliphatic heterocycles. The van der Waals surface area contributed by atoms with Gasteiger partial charge in [0.15, 0.2) is 11.5 Å². The number of carbonyl (C=O) groups is 1. The second kappa shape index (κ2) is 6.98. The summed E-state index contributed by atoms with van der Waals surface area (Å²) in [6, 6.07) is 3.11. The molecule has 1 aliphatic carbocycles. The van der Waals surface area contributed by atoms with E-state index in [2.05, 4.69) is 15.2 Å². The van der Waals surface area contributed by atoms with Gasteiger partial charge in [-0.05, 0) is 25.0 Å². The second-order valence-electron chi connectivity index (χ2n) is 6.59. The smallest absolute Gasteiger partial charge is 0.266 e. The summed E-state index contributed by atoms with van der Waals surface area (Å²) in [6.07, 6.45) is 5.59. The molecule has 0 spiro atoms. The van der Waals surface area contributed by atoms with Crippen LogP contribution in [0.5, 0.6) is 0 Å². The molecule has 0 atom stereocenters. The minimum atomic E-state index is -3.55. The number of rotatable bonds is 6. The number of hydrogen-bond acceptors (Lipinski definition) is 7. The molecule has 0 amide bonds. The quantitative estimate of drug-likeness (QED) is 0.541. The van der Waals surface area contributed by atoms with Crippen LogP contribution in [0.25, 0.3) is 0 Å². The van der Waals surface area contributed by atoms with Gasteiger partial charge < -0.3 is 4.52 Å². The summed E-state index contributed by atoms with van der Waals surface area (Å²) in [7, 11) is -3.55. The SMILES string of the molecule is CS(=O)(=O)c1ncn(Cc2c(C(=O)c3cnoc3C3CC3)ccc(Cl)c2Cl)n1. The fourth-order valence-corrected chi connectivity index (χ4v) is 3.74. The third-order valence-corrected chi connectivity index (χ3v) is 6.09. The maximum absolute atomic E-state index is 13.2. The van der Waals surface area contributed by atoms with Crippen molar-refractivity contribution in [3.05, 3.63) is 57.2 Å². The van der Waals surface area contributed by atoms with Gasteiger partial charge in [-0.25, -0.2) is 18.1 Å². The number of sulfone groups is 1. The van der Waals surface area contributed by atoms with Crippen LogP contribution in [0.1, 0.15) is 46.0 Å². The number of nitrogens with zero attached hydrogens (tertiary/aromatic N) is 4. The van der Waals surface area contributed by atoms with Crippen LogP contribution in [0.4, 0.5) is 0 Å². The van der Waals surface area contributed by atoms with Crippen molar-refractivity contribution in [3.63, 3.8) is 0 Å². The number of hydrogen-bond donors (Lipinski definition) is 0. The molecule has 1 saturated carbocycles. The fourth-order valence-electron chi connectivity index (χ4n) is 2.85. The molecular weight excluding hydrogens is 427 g/mol. The summed E-state index contributed by atoms with van der Waals surface area (Å²) in [4.78, 5) is 16.9. The van der Waals surface area contributed by atoms with Crippen molar-refractivity contribution in [2.75, 3.05) is 6.26 Å². The molecule has 2 heterocycles. The summed E-state index contributed by atoms with van der Waals surface area (Å²) in [5, 5.41) is 7.85. The normalized spacial score (nSPS) is 14.4. The zero-order valence-corrected chi connectivity index (χ0v) is 16.9. The van der Waals surface area contributed by atoms with Crippen LogP contribution in [0.3, 0.4) is 0 Å². The first kappa shape index (κ1) is 19.1. The van der Waals surface area contributed by atoms with Crippen LogP contribution in [0.15, 0.2) is 34.3 Å². The minimum absolute atomic E-state index is 0.0209. The Kier molecular flexibility index (Phi) is 4.76. The van der Waals surface area contributed by atoms with E-state index in [-0.39, 0.29) is 33.4 Å². The van der Waals surface area contributed by atoms with Gasteiger partial charge in [0.1, 0.15) is 6.33 Å². The van der Waals surface area contributed by atoms with Crippen LogP contribution >= 0.6 is 23.2 Å². The Hall–Kier alpha value is -2.23. The Morgan fingerprint density at radius 3 is 2.68 bits per heavy atom. The average Bonchev–Trinajstić information content (AvgIpc) is 3.17. The monoisotopic (exact) mass is 440 g/mol. The molecule has 1 fully saturated rings. The lowest BCUT2D eigenvalue weighted by Crippen LogP contribution is -2.11. The number of carbonyl (C=O) groups excluding carboxylic acids is 1. The first-order chi connectivity index (χ1) is 13.3. The third kappa shape index (κ3) is 3.57. The van der Waals surface area contributed by atoms with Crippen molar-refractivity contribution in [3.8, 4) is 0 Å². The molecule has 8 nitrogen and oxygen atoms in total. The van der Waals surface area contributed by atoms with Crippen molar-refractivity contribution >= 4 is 38.8 Å². The maximum Gasteiger partial charge on any atom is 0.266 e. The number of ketones is 1. The fraction of sp³-hybridized carbons (Fsp3) is 0.294. The number of aromatic nitrogens is 4. The minimum Gasteiger partial charge on any atom is -0.360 e. The molecule has 0 unspecified atom stereocenters. The van der Waals surface area contributed by atoms with E-state index in [1.54, 1.807) is 6.07 Å². The van der Waals surface area contributed by atoms with Gasteiger partial charge >= 0.3 is 0 Å². The Labute approximate surface area is 170 Å². The molecule has 0 radical (unpaired) electrons. The van der Waals surface area contributed by atoms with Gasteiger partial charge in [-0.1, -0.05) is 28.4 Å². The van der Waals surface area contributed by atoms with Gasteiger partial charge in [0.2, 0.25) is 9.84 Å². The first-order valence-electron chi connectivity index (χ1n) is 8.31. The Bertz CT molecular complexity index is 1180. The van der Waals surface area contributed by atoms with E-state index in [1.165, 1.54) is 23.3 Å². The highest BCUT2D eigenvalue weighted by Crippen LogP contribution is 2.42. The molecule has 0 N–H and O–H groups in total. The van der Waals surface area contributed by atoms with Gasteiger partial charge in [0.05, 0.1) is 28.4 Å². The van der Waals surface area contributed by atoms with Gasteiger partial charge in [-0.2, -0.15) is 0 Å². The average molecular weight is 441 g/mol. The van der Waals surface area contributed by atoms with E-state index in [9.17, 15) is 13.2 Å². The molecule has 1 aliphatic rings. The molecule has 28 heavy (non-hydrogen) atoms. The lowest BCUT2D eigenvalue weighted by molar-refractivity contribution is 0.103.